The summed E-state index contributed by atoms with van der Waals surface area (Å²) in [4.78, 5) is 26.6. The quantitative estimate of drug-likeness (QED) is 0.721. The number of benzene rings is 2. The monoisotopic (exact) mass is 422 g/mol. The van der Waals surface area contributed by atoms with Gasteiger partial charge in [-0.3, -0.25) is 4.79 Å². The number of morpholine rings is 1. The molecule has 0 bridgehead atoms. The van der Waals surface area contributed by atoms with E-state index in [0.29, 0.717) is 32.0 Å². The zero-order valence-electron chi connectivity index (χ0n) is 15.7. The summed E-state index contributed by atoms with van der Waals surface area (Å²) >= 11 is 5.88. The molecule has 1 N–H and O–H groups in total. The maximum atomic E-state index is 13.1. The highest BCUT2D eigenvalue weighted by Crippen LogP contribution is 2.26. The van der Waals surface area contributed by atoms with Gasteiger partial charge < -0.3 is 24.4 Å². The van der Waals surface area contributed by atoms with Gasteiger partial charge in [-0.1, -0.05) is 11.6 Å². The molecule has 9 heteroatoms. The fourth-order valence-corrected chi connectivity index (χ4v) is 3.08. The van der Waals surface area contributed by atoms with Crippen LogP contribution in [0.4, 0.5) is 15.8 Å². The number of methoxy groups -OCH3 is 1. The first-order valence-corrected chi connectivity index (χ1v) is 9.28. The molecule has 2 aromatic carbocycles. The average molecular weight is 423 g/mol. The van der Waals surface area contributed by atoms with Crippen LogP contribution in [-0.4, -0.2) is 51.9 Å². The Morgan fingerprint density at radius 2 is 1.97 bits per heavy atom. The number of rotatable bonds is 6. The lowest BCUT2D eigenvalue weighted by atomic mass is 10.1. The first-order chi connectivity index (χ1) is 14.0. The standard InChI is InChI=1S/C20H20ClFN2O5/c1-27-20(26)15-11-14(24-6-8-28-9-7-24)3-4-17(15)23-19(25)12-29-18-5-2-13(22)10-16(18)21/h2-5,10-11H,6-9,12H2,1H3,(H,23,25). The molecule has 0 saturated carbocycles. The smallest absolute Gasteiger partial charge is 0.340 e. The van der Waals surface area contributed by atoms with Crippen molar-refractivity contribution in [3.63, 3.8) is 0 Å². The van der Waals surface area contributed by atoms with Crippen molar-refractivity contribution in [2.75, 3.05) is 50.2 Å². The Kier molecular flexibility index (Phi) is 6.90. The van der Waals surface area contributed by atoms with Gasteiger partial charge in [0.1, 0.15) is 11.6 Å². The summed E-state index contributed by atoms with van der Waals surface area (Å²) in [7, 11) is 1.27. The Balaban J connectivity index is 1.71. The fraction of sp³-hybridized carbons (Fsp3) is 0.300. The second kappa shape index (κ2) is 9.58. The van der Waals surface area contributed by atoms with Gasteiger partial charge >= 0.3 is 5.97 Å². The third-order valence-electron chi connectivity index (χ3n) is 4.31. The van der Waals surface area contributed by atoms with Crippen molar-refractivity contribution in [3.05, 3.63) is 52.8 Å². The summed E-state index contributed by atoms with van der Waals surface area (Å²) in [6.45, 7) is 2.26. The third kappa shape index (κ3) is 5.36. The number of esters is 1. The van der Waals surface area contributed by atoms with E-state index in [1.165, 1.54) is 19.2 Å². The highest BCUT2D eigenvalue weighted by Gasteiger charge is 2.19. The van der Waals surface area contributed by atoms with E-state index in [1.807, 2.05) is 6.07 Å². The predicted molar refractivity (Wildman–Crippen MR) is 106 cm³/mol. The van der Waals surface area contributed by atoms with Crippen LogP contribution in [0, 0.1) is 5.82 Å². The van der Waals surface area contributed by atoms with Crippen molar-refractivity contribution < 1.29 is 28.2 Å². The molecule has 1 aliphatic rings. The average Bonchev–Trinajstić information content (AvgIpc) is 2.73. The molecule has 29 heavy (non-hydrogen) atoms. The van der Waals surface area contributed by atoms with Crippen molar-refractivity contribution in [1.82, 2.24) is 0 Å². The normalized spacial score (nSPS) is 13.7. The maximum Gasteiger partial charge on any atom is 0.340 e. The second-order valence-electron chi connectivity index (χ2n) is 6.23. The Morgan fingerprint density at radius 1 is 1.21 bits per heavy atom. The Labute approximate surface area is 172 Å². The summed E-state index contributed by atoms with van der Waals surface area (Å²) in [6.07, 6.45) is 0. The molecule has 1 heterocycles. The largest absolute Gasteiger partial charge is 0.482 e. The van der Waals surface area contributed by atoms with Crippen LogP contribution in [0.25, 0.3) is 0 Å². The predicted octanol–water partition coefficient (Wildman–Crippen LogP) is 3.12. The maximum absolute atomic E-state index is 13.1. The Hall–Kier alpha value is -2.84. The van der Waals surface area contributed by atoms with Crippen LogP contribution < -0.4 is 15.0 Å². The van der Waals surface area contributed by atoms with E-state index < -0.39 is 17.7 Å². The number of carbonyl (C=O) groups excluding carboxylic acids is 2. The molecule has 1 saturated heterocycles. The molecule has 1 fully saturated rings. The van der Waals surface area contributed by atoms with Crippen molar-refractivity contribution in [1.29, 1.82) is 0 Å². The molecule has 2 aromatic rings. The number of amides is 1. The lowest BCUT2D eigenvalue weighted by molar-refractivity contribution is -0.118. The van der Waals surface area contributed by atoms with Gasteiger partial charge in [-0.2, -0.15) is 0 Å². The van der Waals surface area contributed by atoms with Gasteiger partial charge in [0.15, 0.2) is 6.61 Å². The molecule has 3 rings (SSSR count). The topological polar surface area (TPSA) is 77.1 Å². The Morgan fingerprint density at radius 3 is 2.66 bits per heavy atom. The number of hydrogen-bond donors (Lipinski definition) is 1. The van der Waals surface area contributed by atoms with E-state index in [-0.39, 0.29) is 22.9 Å². The van der Waals surface area contributed by atoms with E-state index in [1.54, 1.807) is 12.1 Å². The molecule has 0 aromatic heterocycles. The summed E-state index contributed by atoms with van der Waals surface area (Å²) in [5.74, 6) is -1.40. The van der Waals surface area contributed by atoms with Gasteiger partial charge in [0.05, 0.1) is 36.6 Å². The molecule has 154 valence electrons. The number of nitrogens with zero attached hydrogens (tertiary/aromatic N) is 1. The lowest BCUT2D eigenvalue weighted by Gasteiger charge is -2.29. The summed E-state index contributed by atoms with van der Waals surface area (Å²) in [5, 5.41) is 2.69. The van der Waals surface area contributed by atoms with Crippen LogP contribution in [-0.2, 0) is 14.3 Å². The molecule has 1 aliphatic heterocycles. The number of anilines is 2. The molecular formula is C20H20ClFN2O5. The highest BCUT2D eigenvalue weighted by molar-refractivity contribution is 6.32. The Bertz CT molecular complexity index is 902. The number of ether oxygens (including phenoxy) is 3. The second-order valence-corrected chi connectivity index (χ2v) is 6.64. The number of nitrogens with one attached hydrogen (secondary N) is 1. The van der Waals surface area contributed by atoms with Gasteiger partial charge in [0, 0.05) is 18.8 Å². The molecule has 7 nitrogen and oxygen atoms in total. The fourth-order valence-electron chi connectivity index (χ4n) is 2.86. The van der Waals surface area contributed by atoms with Crippen molar-refractivity contribution in [2.45, 2.75) is 0 Å². The third-order valence-corrected chi connectivity index (χ3v) is 4.61. The molecular weight excluding hydrogens is 403 g/mol. The van der Waals surface area contributed by atoms with E-state index in [0.717, 1.165) is 11.8 Å². The van der Waals surface area contributed by atoms with E-state index in [9.17, 15) is 14.0 Å². The minimum absolute atomic E-state index is 0.0583. The molecule has 1 amide bonds. The van der Waals surface area contributed by atoms with Crippen molar-refractivity contribution >= 4 is 34.9 Å². The van der Waals surface area contributed by atoms with Gasteiger partial charge in [-0.25, -0.2) is 9.18 Å². The minimum atomic E-state index is -0.571. The highest BCUT2D eigenvalue weighted by atomic mass is 35.5. The minimum Gasteiger partial charge on any atom is -0.482 e. The van der Waals surface area contributed by atoms with E-state index in [4.69, 9.17) is 25.8 Å². The van der Waals surface area contributed by atoms with Crippen LogP contribution in [0.3, 0.4) is 0 Å². The summed E-state index contributed by atoms with van der Waals surface area (Å²) < 4.78 is 28.6. The number of hydrogen-bond acceptors (Lipinski definition) is 6. The van der Waals surface area contributed by atoms with Crippen molar-refractivity contribution in [2.24, 2.45) is 0 Å². The van der Waals surface area contributed by atoms with E-state index >= 15 is 0 Å². The summed E-state index contributed by atoms with van der Waals surface area (Å²) in [5.41, 5.74) is 1.36. The molecule has 0 unspecified atom stereocenters. The first-order valence-electron chi connectivity index (χ1n) is 8.90. The summed E-state index contributed by atoms with van der Waals surface area (Å²) in [6, 6.07) is 8.73. The molecule has 0 atom stereocenters. The molecule has 0 spiro atoms. The van der Waals surface area contributed by atoms with Crippen LogP contribution >= 0.6 is 11.6 Å². The van der Waals surface area contributed by atoms with Crippen molar-refractivity contribution in [3.8, 4) is 5.75 Å². The zero-order valence-corrected chi connectivity index (χ0v) is 16.5. The lowest BCUT2D eigenvalue weighted by Crippen LogP contribution is -2.36. The van der Waals surface area contributed by atoms with Gasteiger partial charge in [0.2, 0.25) is 0 Å². The number of halogens is 2. The van der Waals surface area contributed by atoms with Crippen LogP contribution in [0.15, 0.2) is 36.4 Å². The molecule has 0 radical (unpaired) electrons. The van der Waals surface area contributed by atoms with Gasteiger partial charge in [-0.05, 0) is 36.4 Å². The molecule has 0 aliphatic carbocycles. The van der Waals surface area contributed by atoms with Gasteiger partial charge in [0.25, 0.3) is 5.91 Å². The zero-order chi connectivity index (χ0) is 20.8. The van der Waals surface area contributed by atoms with Crippen LogP contribution in [0.1, 0.15) is 10.4 Å². The number of carbonyl (C=O) groups is 2. The van der Waals surface area contributed by atoms with Gasteiger partial charge in [-0.15, -0.1) is 0 Å². The van der Waals surface area contributed by atoms with Crippen LogP contribution in [0.5, 0.6) is 5.75 Å². The first kappa shape index (κ1) is 20.9. The van der Waals surface area contributed by atoms with E-state index in [2.05, 4.69) is 10.2 Å². The SMILES string of the molecule is COC(=O)c1cc(N2CCOCC2)ccc1NC(=O)COc1ccc(F)cc1Cl. The van der Waals surface area contributed by atoms with Crippen LogP contribution in [0.2, 0.25) is 5.02 Å².